The zero-order valence-electron chi connectivity index (χ0n) is 19.0. The molecule has 0 amide bonds. The summed E-state index contributed by atoms with van der Waals surface area (Å²) in [6.07, 6.45) is 4.26. The van der Waals surface area contributed by atoms with Crippen LogP contribution < -0.4 is 10.3 Å². The standard InChI is InChI=1S/C21H28ClN6O3PS/c1-5-27(3)32(31-15-8-6-14(22)7-9-15)29-11-16-10-13(2)20(30-16)28-12-24-17-18(28)25-21(23)26-19(17)33-4/h6-9,12-13,16,20H,5,10-11H2,1-4H3,(H2,23,25,26). The minimum atomic E-state index is -1.29. The van der Waals surface area contributed by atoms with E-state index in [9.17, 15) is 0 Å². The number of halogens is 1. The first-order chi connectivity index (χ1) is 15.9. The number of nitrogens with zero attached hydrogens (tertiary/aromatic N) is 5. The lowest BCUT2D eigenvalue weighted by atomic mass is 10.1. The van der Waals surface area contributed by atoms with Gasteiger partial charge in [0.05, 0.1) is 19.0 Å². The van der Waals surface area contributed by atoms with Gasteiger partial charge in [-0.05, 0) is 44.0 Å². The summed E-state index contributed by atoms with van der Waals surface area (Å²) in [5, 5.41) is 1.42. The Bertz CT molecular complexity index is 1090. The number of fused-ring (bicyclic) bond motifs is 1. The van der Waals surface area contributed by atoms with E-state index in [1.54, 1.807) is 18.5 Å². The number of thioether (sulfide) groups is 1. The van der Waals surface area contributed by atoms with E-state index in [0.717, 1.165) is 29.3 Å². The molecule has 0 bridgehead atoms. The number of anilines is 1. The fourth-order valence-corrected chi connectivity index (χ4v) is 5.51. The molecule has 3 heterocycles. The fraction of sp³-hybridized carbons (Fsp3) is 0.476. The van der Waals surface area contributed by atoms with E-state index in [1.807, 2.05) is 34.7 Å². The van der Waals surface area contributed by atoms with E-state index in [1.165, 1.54) is 11.8 Å². The molecule has 0 saturated carbocycles. The highest BCUT2D eigenvalue weighted by Crippen LogP contribution is 2.44. The number of nitrogen functional groups attached to an aromatic ring is 1. The number of benzene rings is 1. The summed E-state index contributed by atoms with van der Waals surface area (Å²) in [6, 6.07) is 7.29. The molecule has 1 fully saturated rings. The van der Waals surface area contributed by atoms with Crippen molar-refractivity contribution in [2.75, 3.05) is 32.2 Å². The molecule has 2 aromatic heterocycles. The Morgan fingerprint density at radius 1 is 1.33 bits per heavy atom. The van der Waals surface area contributed by atoms with Gasteiger partial charge in [0, 0.05) is 17.5 Å². The van der Waals surface area contributed by atoms with Gasteiger partial charge < -0.3 is 19.5 Å². The third kappa shape index (κ3) is 5.53. The molecule has 3 aromatic rings. The lowest BCUT2D eigenvalue weighted by molar-refractivity contribution is -0.0257. The molecule has 4 rings (SSSR count). The zero-order chi connectivity index (χ0) is 23.5. The van der Waals surface area contributed by atoms with Crippen molar-refractivity contribution in [3.8, 4) is 5.75 Å². The molecule has 178 valence electrons. The highest BCUT2D eigenvalue weighted by atomic mass is 35.5. The molecular weight excluding hydrogens is 483 g/mol. The maximum Gasteiger partial charge on any atom is 0.320 e. The van der Waals surface area contributed by atoms with Crippen LogP contribution in [0.3, 0.4) is 0 Å². The first-order valence-corrected chi connectivity index (χ1v) is 13.4. The largest absolute Gasteiger partial charge is 0.436 e. The molecule has 1 saturated heterocycles. The van der Waals surface area contributed by atoms with Crippen molar-refractivity contribution in [1.82, 2.24) is 24.2 Å². The Balaban J connectivity index is 1.44. The average molecular weight is 511 g/mol. The Morgan fingerprint density at radius 3 is 2.79 bits per heavy atom. The van der Waals surface area contributed by atoms with Crippen molar-refractivity contribution in [3.63, 3.8) is 0 Å². The number of hydrogen-bond acceptors (Lipinski definition) is 9. The molecule has 4 unspecified atom stereocenters. The van der Waals surface area contributed by atoms with Gasteiger partial charge in [0.25, 0.3) is 0 Å². The van der Waals surface area contributed by atoms with Crippen LogP contribution in [-0.4, -0.2) is 56.7 Å². The van der Waals surface area contributed by atoms with Crippen LogP contribution >= 0.6 is 31.9 Å². The van der Waals surface area contributed by atoms with Gasteiger partial charge in [-0.25, -0.2) is 14.6 Å². The van der Waals surface area contributed by atoms with Crippen LogP contribution in [-0.2, 0) is 9.26 Å². The normalized spacial score (nSPS) is 21.7. The number of rotatable bonds is 9. The summed E-state index contributed by atoms with van der Waals surface area (Å²) in [4.78, 5) is 13.2. The summed E-state index contributed by atoms with van der Waals surface area (Å²) >= 11 is 7.48. The van der Waals surface area contributed by atoms with Crippen LogP contribution in [0.15, 0.2) is 35.6 Å². The minimum absolute atomic E-state index is 0.0780. The summed E-state index contributed by atoms with van der Waals surface area (Å²) in [5.74, 6) is 1.19. The van der Waals surface area contributed by atoms with Gasteiger partial charge in [0.15, 0.2) is 5.65 Å². The monoisotopic (exact) mass is 510 g/mol. The van der Waals surface area contributed by atoms with Crippen molar-refractivity contribution in [2.45, 2.75) is 37.6 Å². The average Bonchev–Trinajstić information content (AvgIpc) is 3.39. The third-order valence-corrected chi connectivity index (χ3v) is 7.93. The van der Waals surface area contributed by atoms with E-state index in [4.69, 9.17) is 31.1 Å². The number of imidazole rings is 1. The smallest absolute Gasteiger partial charge is 0.320 e. The second-order valence-corrected chi connectivity index (χ2v) is 10.7. The second kappa shape index (κ2) is 10.7. The van der Waals surface area contributed by atoms with Gasteiger partial charge >= 0.3 is 8.53 Å². The lowest BCUT2D eigenvalue weighted by Crippen LogP contribution is -2.21. The van der Waals surface area contributed by atoms with E-state index < -0.39 is 8.53 Å². The van der Waals surface area contributed by atoms with Gasteiger partial charge in [-0.15, -0.1) is 11.8 Å². The van der Waals surface area contributed by atoms with Gasteiger partial charge in [0.1, 0.15) is 22.5 Å². The van der Waals surface area contributed by atoms with Gasteiger partial charge in [0.2, 0.25) is 5.95 Å². The van der Waals surface area contributed by atoms with Crippen LogP contribution in [0, 0.1) is 5.92 Å². The molecular formula is C21H28ClN6O3PS. The Kier molecular flexibility index (Phi) is 7.94. The van der Waals surface area contributed by atoms with Crippen molar-refractivity contribution in [2.24, 2.45) is 5.92 Å². The fourth-order valence-electron chi connectivity index (χ4n) is 3.64. The maximum atomic E-state index is 6.38. The van der Waals surface area contributed by atoms with Crippen molar-refractivity contribution in [3.05, 3.63) is 35.6 Å². The molecule has 0 spiro atoms. The predicted octanol–water partition coefficient (Wildman–Crippen LogP) is 4.98. The van der Waals surface area contributed by atoms with Crippen molar-refractivity contribution in [1.29, 1.82) is 0 Å². The third-order valence-electron chi connectivity index (χ3n) is 5.43. The molecule has 0 aliphatic carbocycles. The SMILES string of the molecule is CCN(C)P(OCC1CC(C)C(n2cnc3c(SC)nc(N)nc32)O1)Oc1ccc(Cl)cc1. The molecule has 12 heteroatoms. The summed E-state index contributed by atoms with van der Waals surface area (Å²) in [6.45, 7) is 5.43. The molecule has 1 aliphatic rings. The highest BCUT2D eigenvalue weighted by Gasteiger charge is 2.36. The van der Waals surface area contributed by atoms with Crippen molar-refractivity contribution < 1.29 is 13.8 Å². The molecule has 0 radical (unpaired) electrons. The molecule has 1 aliphatic heterocycles. The van der Waals surface area contributed by atoms with E-state index in [2.05, 4.69) is 28.8 Å². The first-order valence-electron chi connectivity index (χ1n) is 10.7. The van der Waals surface area contributed by atoms with Crippen LogP contribution in [0.25, 0.3) is 11.2 Å². The highest BCUT2D eigenvalue weighted by molar-refractivity contribution is 7.98. The van der Waals surface area contributed by atoms with Crippen LogP contribution in [0.4, 0.5) is 5.95 Å². The van der Waals surface area contributed by atoms with Crippen molar-refractivity contribution >= 4 is 49.0 Å². The number of nitrogens with two attached hydrogens (primary N) is 1. The van der Waals surface area contributed by atoms with Gasteiger partial charge in [-0.2, -0.15) is 4.98 Å². The number of hydrogen-bond donors (Lipinski definition) is 1. The quantitative estimate of drug-likeness (QED) is 0.242. The second-order valence-electron chi connectivity index (χ2n) is 7.83. The zero-order valence-corrected chi connectivity index (χ0v) is 21.5. The lowest BCUT2D eigenvalue weighted by Gasteiger charge is -2.26. The molecule has 33 heavy (non-hydrogen) atoms. The Labute approximate surface area is 203 Å². The molecule has 2 N–H and O–H groups in total. The molecule has 1 aromatic carbocycles. The number of aromatic nitrogens is 4. The Hall–Kier alpha value is -1.68. The predicted molar refractivity (Wildman–Crippen MR) is 132 cm³/mol. The maximum absolute atomic E-state index is 6.38. The number of ether oxygens (including phenoxy) is 1. The molecule has 4 atom stereocenters. The minimum Gasteiger partial charge on any atom is -0.436 e. The summed E-state index contributed by atoms with van der Waals surface area (Å²) < 4.78 is 22.7. The van der Waals surface area contributed by atoms with Gasteiger partial charge in [-0.1, -0.05) is 25.4 Å². The molecule has 9 nitrogen and oxygen atoms in total. The summed E-state index contributed by atoms with van der Waals surface area (Å²) in [7, 11) is 0.694. The topological polar surface area (TPSA) is 101 Å². The van der Waals surface area contributed by atoms with Crippen LogP contribution in [0.1, 0.15) is 26.5 Å². The first kappa shape index (κ1) is 24.4. The van der Waals surface area contributed by atoms with Crippen LogP contribution in [0.5, 0.6) is 5.75 Å². The Morgan fingerprint density at radius 2 is 2.09 bits per heavy atom. The van der Waals surface area contributed by atoms with E-state index >= 15 is 0 Å². The summed E-state index contributed by atoms with van der Waals surface area (Å²) in [5.41, 5.74) is 7.34. The van der Waals surface area contributed by atoms with Gasteiger partial charge in [-0.3, -0.25) is 4.57 Å². The van der Waals surface area contributed by atoms with Crippen LogP contribution in [0.2, 0.25) is 5.02 Å². The van der Waals surface area contributed by atoms with E-state index in [-0.39, 0.29) is 24.2 Å². The van der Waals surface area contributed by atoms with E-state index in [0.29, 0.717) is 17.3 Å².